The molecule has 0 aromatic carbocycles. The van der Waals surface area contributed by atoms with Crippen molar-refractivity contribution in [2.75, 3.05) is 24.7 Å². The highest BCUT2D eigenvalue weighted by atomic mass is 32.1. The van der Waals surface area contributed by atoms with Gasteiger partial charge in [-0.1, -0.05) is 0 Å². The highest BCUT2D eigenvalue weighted by molar-refractivity contribution is 7.15. The molecule has 2 N–H and O–H groups in total. The summed E-state index contributed by atoms with van der Waals surface area (Å²) < 4.78 is 1.77. The summed E-state index contributed by atoms with van der Waals surface area (Å²) in [6.07, 6.45) is 5.35. The van der Waals surface area contributed by atoms with Crippen LogP contribution in [0.3, 0.4) is 0 Å². The molecule has 0 atom stereocenters. The summed E-state index contributed by atoms with van der Waals surface area (Å²) in [5.74, 6) is 1.64. The maximum Gasteiger partial charge on any atom is 0.182 e. The standard InChI is InChI=1S/C13H17N7S/c1-14-11-9-7-17-20(3)12(9)19-10(18-11)5-4-8-6-16-13(15-2)21-8/h6-7H,4-5H2,1-3H3,(H,15,16)(H,14,18,19). The molecule has 0 spiro atoms. The van der Waals surface area contributed by atoms with Gasteiger partial charge in [0.2, 0.25) is 0 Å². The van der Waals surface area contributed by atoms with E-state index in [-0.39, 0.29) is 0 Å². The molecule has 0 saturated heterocycles. The SMILES string of the molecule is CNc1ncc(CCc2nc(NC)c3cnn(C)c3n2)s1. The molecular formula is C13H17N7S. The van der Waals surface area contributed by atoms with E-state index in [1.807, 2.05) is 27.3 Å². The van der Waals surface area contributed by atoms with Gasteiger partial charge in [0.15, 0.2) is 10.8 Å². The summed E-state index contributed by atoms with van der Waals surface area (Å²) in [6.45, 7) is 0. The van der Waals surface area contributed by atoms with Gasteiger partial charge in [0.25, 0.3) is 0 Å². The molecule has 3 rings (SSSR count). The van der Waals surface area contributed by atoms with Crippen LogP contribution in [0.4, 0.5) is 10.9 Å². The van der Waals surface area contributed by atoms with Crippen molar-refractivity contribution >= 4 is 33.3 Å². The van der Waals surface area contributed by atoms with Crippen molar-refractivity contribution in [2.24, 2.45) is 7.05 Å². The van der Waals surface area contributed by atoms with Gasteiger partial charge in [0, 0.05) is 38.6 Å². The van der Waals surface area contributed by atoms with Crippen molar-refractivity contribution in [3.63, 3.8) is 0 Å². The van der Waals surface area contributed by atoms with Gasteiger partial charge in [-0.05, 0) is 6.42 Å². The molecule has 0 aliphatic heterocycles. The zero-order valence-electron chi connectivity index (χ0n) is 12.2. The molecule has 0 unspecified atom stereocenters. The van der Waals surface area contributed by atoms with Crippen LogP contribution >= 0.6 is 11.3 Å². The van der Waals surface area contributed by atoms with Crippen LogP contribution in [-0.4, -0.2) is 38.8 Å². The van der Waals surface area contributed by atoms with E-state index in [4.69, 9.17) is 0 Å². The average molecular weight is 303 g/mol. The Morgan fingerprint density at radius 1 is 1.14 bits per heavy atom. The number of hydrogen-bond donors (Lipinski definition) is 2. The van der Waals surface area contributed by atoms with Gasteiger partial charge in [0.1, 0.15) is 11.6 Å². The first kappa shape index (κ1) is 13.7. The zero-order valence-corrected chi connectivity index (χ0v) is 13.0. The first-order chi connectivity index (χ1) is 10.2. The number of nitrogens with zero attached hydrogens (tertiary/aromatic N) is 5. The van der Waals surface area contributed by atoms with Gasteiger partial charge < -0.3 is 10.6 Å². The fourth-order valence-corrected chi connectivity index (χ4v) is 2.91. The third-order valence-electron chi connectivity index (χ3n) is 3.24. The van der Waals surface area contributed by atoms with E-state index in [1.165, 1.54) is 4.88 Å². The third kappa shape index (κ3) is 2.66. The average Bonchev–Trinajstić information content (AvgIpc) is 3.11. The monoisotopic (exact) mass is 303 g/mol. The Labute approximate surface area is 126 Å². The number of anilines is 2. The van der Waals surface area contributed by atoms with E-state index in [9.17, 15) is 0 Å². The number of aromatic nitrogens is 5. The van der Waals surface area contributed by atoms with Crippen LogP contribution in [0.2, 0.25) is 0 Å². The molecular weight excluding hydrogens is 286 g/mol. The molecule has 0 aliphatic carbocycles. The van der Waals surface area contributed by atoms with Gasteiger partial charge in [-0.15, -0.1) is 11.3 Å². The van der Waals surface area contributed by atoms with E-state index < -0.39 is 0 Å². The van der Waals surface area contributed by atoms with Crippen LogP contribution in [0.1, 0.15) is 10.7 Å². The Bertz CT molecular complexity index is 761. The molecule has 7 nitrogen and oxygen atoms in total. The minimum absolute atomic E-state index is 0.779. The largest absolute Gasteiger partial charge is 0.372 e. The van der Waals surface area contributed by atoms with Crippen LogP contribution in [0, 0.1) is 0 Å². The number of hydrogen-bond acceptors (Lipinski definition) is 7. The first-order valence-electron chi connectivity index (χ1n) is 6.70. The fraction of sp³-hybridized carbons (Fsp3) is 0.385. The quantitative estimate of drug-likeness (QED) is 0.746. The molecule has 110 valence electrons. The Balaban J connectivity index is 1.84. The van der Waals surface area contributed by atoms with Crippen molar-refractivity contribution in [3.8, 4) is 0 Å². The van der Waals surface area contributed by atoms with E-state index >= 15 is 0 Å². The summed E-state index contributed by atoms with van der Waals surface area (Å²) in [6, 6.07) is 0. The summed E-state index contributed by atoms with van der Waals surface area (Å²) in [4.78, 5) is 14.7. The number of thiazole rings is 1. The number of aryl methyl sites for hydroxylation is 3. The van der Waals surface area contributed by atoms with E-state index in [0.29, 0.717) is 0 Å². The Morgan fingerprint density at radius 3 is 2.71 bits per heavy atom. The van der Waals surface area contributed by atoms with Gasteiger partial charge in [0.05, 0.1) is 11.6 Å². The van der Waals surface area contributed by atoms with Gasteiger partial charge >= 0.3 is 0 Å². The lowest BCUT2D eigenvalue weighted by molar-refractivity contribution is 0.776. The maximum atomic E-state index is 4.60. The van der Waals surface area contributed by atoms with Crippen molar-refractivity contribution in [1.82, 2.24) is 24.7 Å². The Kier molecular flexibility index (Phi) is 3.70. The van der Waals surface area contributed by atoms with Crippen LogP contribution in [0.5, 0.6) is 0 Å². The predicted molar refractivity (Wildman–Crippen MR) is 84.9 cm³/mol. The second-order valence-electron chi connectivity index (χ2n) is 4.63. The molecule has 21 heavy (non-hydrogen) atoms. The minimum atomic E-state index is 0.779. The molecule has 0 saturated carbocycles. The van der Waals surface area contributed by atoms with Crippen molar-refractivity contribution < 1.29 is 0 Å². The lowest BCUT2D eigenvalue weighted by atomic mass is 10.2. The molecule has 0 amide bonds. The smallest absolute Gasteiger partial charge is 0.182 e. The Morgan fingerprint density at radius 2 is 2.00 bits per heavy atom. The molecule has 8 heteroatoms. The van der Waals surface area contributed by atoms with Crippen LogP contribution in [0.15, 0.2) is 12.4 Å². The van der Waals surface area contributed by atoms with E-state index in [2.05, 4.69) is 30.7 Å². The fourth-order valence-electron chi connectivity index (χ4n) is 2.14. The first-order valence-corrected chi connectivity index (χ1v) is 7.51. The minimum Gasteiger partial charge on any atom is -0.372 e. The third-order valence-corrected chi connectivity index (χ3v) is 4.31. The van der Waals surface area contributed by atoms with Gasteiger partial charge in [-0.3, -0.25) is 4.68 Å². The summed E-state index contributed by atoms with van der Waals surface area (Å²) in [5, 5.41) is 12.3. The molecule has 0 fully saturated rings. The van der Waals surface area contributed by atoms with Crippen LogP contribution < -0.4 is 10.6 Å². The lowest BCUT2D eigenvalue weighted by Gasteiger charge is -2.05. The number of nitrogens with one attached hydrogen (secondary N) is 2. The van der Waals surface area contributed by atoms with Crippen LogP contribution in [-0.2, 0) is 19.9 Å². The molecule has 3 aromatic heterocycles. The molecule has 0 bridgehead atoms. The number of rotatable bonds is 5. The molecule has 0 aliphatic rings. The van der Waals surface area contributed by atoms with Gasteiger partial charge in [-0.2, -0.15) is 5.10 Å². The second-order valence-corrected chi connectivity index (χ2v) is 5.74. The molecule has 3 aromatic rings. The summed E-state index contributed by atoms with van der Waals surface area (Å²) in [7, 11) is 5.63. The van der Waals surface area contributed by atoms with Gasteiger partial charge in [-0.25, -0.2) is 15.0 Å². The normalized spacial score (nSPS) is 11.0. The van der Waals surface area contributed by atoms with E-state index in [0.717, 1.165) is 40.6 Å². The van der Waals surface area contributed by atoms with E-state index in [1.54, 1.807) is 22.2 Å². The Hall–Kier alpha value is -2.22. The topological polar surface area (TPSA) is 80.5 Å². The second kappa shape index (κ2) is 5.65. The molecule has 0 radical (unpaired) electrons. The lowest BCUT2D eigenvalue weighted by Crippen LogP contribution is -2.04. The van der Waals surface area contributed by atoms with Crippen molar-refractivity contribution in [3.05, 3.63) is 23.1 Å². The maximum absolute atomic E-state index is 4.60. The summed E-state index contributed by atoms with van der Waals surface area (Å²) in [5.41, 5.74) is 0.851. The predicted octanol–water partition coefficient (Wildman–Crippen LogP) is 1.69. The van der Waals surface area contributed by atoms with Crippen molar-refractivity contribution in [2.45, 2.75) is 12.8 Å². The summed E-state index contributed by atoms with van der Waals surface area (Å²) >= 11 is 1.66. The highest BCUT2D eigenvalue weighted by Gasteiger charge is 2.11. The highest BCUT2D eigenvalue weighted by Crippen LogP contribution is 2.21. The zero-order chi connectivity index (χ0) is 14.8. The molecule has 3 heterocycles. The van der Waals surface area contributed by atoms with Crippen molar-refractivity contribution in [1.29, 1.82) is 0 Å². The number of fused-ring (bicyclic) bond motifs is 1. The van der Waals surface area contributed by atoms with Crippen LogP contribution in [0.25, 0.3) is 11.0 Å².